The number of aliphatic hydroxyl groups is 3. The Kier molecular flexibility index (Phi) is 21.5. The Morgan fingerprint density at radius 3 is 2.27 bits per heavy atom. The van der Waals surface area contributed by atoms with Gasteiger partial charge in [-0.05, 0) is 44.4 Å². The smallest absolute Gasteiger partial charge is 0.480 e. The van der Waals surface area contributed by atoms with Crippen LogP contribution in [0.15, 0.2) is 58.8 Å². The standard InChI is InChI=1S/C40H60N7O16P/c1-5-7-8-9-10-12-26(11-6-2)41-20-31(50)43-23(3)36(55)44-28(37(56)46-33(24(4)48)38(57)42-21-32(51)52)19-25-13-15-27(16-14-25)63-64(59,60)61-22-29-34(53)35(54)39(62-29)47-18-17-30(49)45-40(47)58/h6,13-18,23-24,26,28-29,33-35,39,41,48,53-54H,2,5,7-12,19-22H2,1,3-4H3,(H,42,57)(H,43,50)(H,44,55)(H,46,56)(H,51,52)(H,59,60)(H,45,49,58)/t23-,24+,26?,28-,29+,33-,34+,35+,39+/m0/s1. The second-order valence-corrected chi connectivity index (χ2v) is 16.6. The monoisotopic (exact) mass is 925 g/mol. The number of nitrogens with one attached hydrogen (secondary N) is 6. The lowest BCUT2D eigenvalue weighted by atomic mass is 10.0. The molecular weight excluding hydrogens is 865 g/mol. The first-order chi connectivity index (χ1) is 30.2. The van der Waals surface area contributed by atoms with Crippen molar-refractivity contribution >= 4 is 37.4 Å². The van der Waals surface area contributed by atoms with E-state index >= 15 is 0 Å². The fourth-order valence-electron chi connectivity index (χ4n) is 6.51. The molecule has 1 saturated heterocycles. The van der Waals surface area contributed by atoms with Gasteiger partial charge >= 0.3 is 19.5 Å². The number of carbonyl (C=O) groups excluding carboxylic acids is 4. The summed E-state index contributed by atoms with van der Waals surface area (Å²) >= 11 is 0. The summed E-state index contributed by atoms with van der Waals surface area (Å²) in [4.78, 5) is 99.6. The molecule has 0 radical (unpaired) electrons. The highest BCUT2D eigenvalue weighted by Crippen LogP contribution is 2.45. The minimum atomic E-state index is -4.94. The van der Waals surface area contributed by atoms with Gasteiger partial charge in [0.1, 0.15) is 48.7 Å². The van der Waals surface area contributed by atoms with Crippen LogP contribution >= 0.6 is 7.82 Å². The zero-order valence-electron chi connectivity index (χ0n) is 35.8. The summed E-state index contributed by atoms with van der Waals surface area (Å²) in [5.41, 5.74) is -1.33. The van der Waals surface area contributed by atoms with Crippen molar-refractivity contribution in [2.45, 2.75) is 127 Å². The SMILES string of the molecule is C=CCC(CCCCCCC)NCC(=O)N[C@@H](C)C(=O)N[C@@H](Cc1ccc(OP(=O)(O)OC[C@H]2O[C@@H](n3ccc(=O)[nH]c3=O)[C@H](O)[C@@H]2O)cc1)C(=O)N[C@H](C(=O)NCC(=O)O)[C@@H](C)O. The van der Waals surface area contributed by atoms with E-state index in [4.69, 9.17) is 18.9 Å². The summed E-state index contributed by atoms with van der Waals surface area (Å²) in [7, 11) is -4.94. The lowest BCUT2D eigenvalue weighted by Crippen LogP contribution is -2.59. The molecule has 1 aromatic carbocycles. The van der Waals surface area contributed by atoms with Crippen LogP contribution in [0, 0.1) is 0 Å². The normalized spacial score (nSPS) is 20.4. The van der Waals surface area contributed by atoms with Gasteiger partial charge in [-0.3, -0.25) is 47.7 Å². The molecule has 356 valence electrons. The van der Waals surface area contributed by atoms with Crippen molar-refractivity contribution in [2.75, 3.05) is 19.7 Å². The molecule has 1 aliphatic rings. The number of carboxylic acid groups (broad SMARTS) is 1. The van der Waals surface area contributed by atoms with Crippen molar-refractivity contribution in [1.82, 2.24) is 36.1 Å². The van der Waals surface area contributed by atoms with Crippen LogP contribution in [-0.4, -0.2) is 133 Å². The average Bonchev–Trinajstić information content (AvgIpc) is 3.51. The fraction of sp³-hybridized carbons (Fsp3) is 0.575. The molecule has 64 heavy (non-hydrogen) atoms. The molecule has 24 heteroatoms. The van der Waals surface area contributed by atoms with Crippen molar-refractivity contribution in [3.05, 3.63) is 75.6 Å². The van der Waals surface area contributed by atoms with Crippen LogP contribution < -0.4 is 42.4 Å². The van der Waals surface area contributed by atoms with Gasteiger partial charge in [0.25, 0.3) is 5.56 Å². The number of aliphatic hydroxyl groups excluding tert-OH is 3. The predicted molar refractivity (Wildman–Crippen MR) is 228 cm³/mol. The summed E-state index contributed by atoms with van der Waals surface area (Å²) < 4.78 is 29.2. The Morgan fingerprint density at radius 2 is 1.64 bits per heavy atom. The Balaban J connectivity index is 1.68. The molecule has 10 atom stereocenters. The van der Waals surface area contributed by atoms with Crippen LogP contribution in [-0.2, 0) is 44.2 Å². The van der Waals surface area contributed by atoms with E-state index in [-0.39, 0.29) is 24.8 Å². The summed E-state index contributed by atoms with van der Waals surface area (Å²) in [6.07, 6.45) is 1.63. The van der Waals surface area contributed by atoms with Crippen LogP contribution in [0.2, 0.25) is 0 Å². The second-order valence-electron chi connectivity index (χ2n) is 15.3. The molecule has 1 aliphatic heterocycles. The fourth-order valence-corrected chi connectivity index (χ4v) is 7.28. The van der Waals surface area contributed by atoms with Gasteiger partial charge in [0.2, 0.25) is 23.6 Å². The minimum absolute atomic E-state index is 0.000925. The van der Waals surface area contributed by atoms with Gasteiger partial charge < -0.3 is 56.3 Å². The maximum absolute atomic E-state index is 13.7. The van der Waals surface area contributed by atoms with E-state index in [1.54, 1.807) is 6.08 Å². The first-order valence-corrected chi connectivity index (χ1v) is 22.3. The summed E-state index contributed by atoms with van der Waals surface area (Å²) in [5, 5.41) is 52.8. The quantitative estimate of drug-likeness (QED) is 0.0273. The number of hydrogen-bond donors (Lipinski definition) is 11. The second kappa shape index (κ2) is 25.9. The highest BCUT2D eigenvalue weighted by Gasteiger charge is 2.45. The lowest BCUT2D eigenvalue weighted by Gasteiger charge is -2.26. The van der Waals surface area contributed by atoms with Gasteiger partial charge in [-0.15, -0.1) is 6.58 Å². The zero-order valence-corrected chi connectivity index (χ0v) is 36.7. The number of aromatic nitrogens is 2. The number of rotatable bonds is 28. The molecule has 2 unspecified atom stereocenters. The topological polar surface area (TPSA) is 346 Å². The highest BCUT2D eigenvalue weighted by atomic mass is 31.2. The van der Waals surface area contributed by atoms with Crippen LogP contribution in [0.5, 0.6) is 5.75 Å². The number of hydrogen-bond acceptors (Lipinski definition) is 15. The number of benzene rings is 1. The molecule has 1 fully saturated rings. The highest BCUT2D eigenvalue weighted by molar-refractivity contribution is 7.47. The maximum atomic E-state index is 13.7. The molecule has 3 rings (SSSR count). The Labute approximate surface area is 368 Å². The largest absolute Gasteiger partial charge is 0.527 e. The van der Waals surface area contributed by atoms with E-state index < -0.39 is 111 Å². The lowest BCUT2D eigenvalue weighted by molar-refractivity contribution is -0.139. The molecule has 2 heterocycles. The molecule has 0 saturated carbocycles. The molecule has 11 N–H and O–H groups in total. The van der Waals surface area contributed by atoms with Gasteiger partial charge in [0.05, 0.1) is 19.3 Å². The molecule has 23 nitrogen and oxygen atoms in total. The Morgan fingerprint density at radius 1 is 0.953 bits per heavy atom. The number of unbranched alkanes of at least 4 members (excludes halogenated alkanes) is 4. The zero-order chi connectivity index (χ0) is 47.6. The van der Waals surface area contributed by atoms with Crippen LogP contribution in [0.25, 0.3) is 0 Å². The van der Waals surface area contributed by atoms with Gasteiger partial charge in [-0.25, -0.2) is 9.36 Å². The number of nitrogens with zero attached hydrogens (tertiary/aromatic N) is 1. The van der Waals surface area contributed by atoms with Crippen molar-refractivity contribution in [3.63, 3.8) is 0 Å². The Hall–Kier alpha value is -5.26. The number of ether oxygens (including phenoxy) is 1. The van der Waals surface area contributed by atoms with E-state index in [1.165, 1.54) is 38.1 Å². The van der Waals surface area contributed by atoms with E-state index in [1.807, 2.05) is 4.98 Å². The van der Waals surface area contributed by atoms with Crippen molar-refractivity contribution in [3.8, 4) is 5.75 Å². The van der Waals surface area contributed by atoms with E-state index in [0.717, 1.165) is 55.4 Å². The molecule has 0 aliphatic carbocycles. The third-order valence-corrected chi connectivity index (χ3v) is 10.9. The third kappa shape index (κ3) is 17.4. The van der Waals surface area contributed by atoms with Gasteiger partial charge in [0, 0.05) is 24.7 Å². The number of carbonyl (C=O) groups is 5. The van der Waals surface area contributed by atoms with E-state index in [0.29, 0.717) is 12.0 Å². The van der Waals surface area contributed by atoms with Crippen LogP contribution in [0.3, 0.4) is 0 Å². The third-order valence-electron chi connectivity index (χ3n) is 9.99. The van der Waals surface area contributed by atoms with Gasteiger partial charge in [-0.2, -0.15) is 0 Å². The Bertz CT molecular complexity index is 2050. The van der Waals surface area contributed by atoms with E-state index in [9.17, 15) is 58.3 Å². The number of amides is 4. The molecule has 2 aromatic rings. The number of H-pyrrole nitrogens is 1. The number of aromatic amines is 1. The summed E-state index contributed by atoms with van der Waals surface area (Å²) in [5.74, 6) is -4.88. The first-order valence-electron chi connectivity index (χ1n) is 20.8. The summed E-state index contributed by atoms with van der Waals surface area (Å²) in [6, 6.07) is 1.89. The van der Waals surface area contributed by atoms with Crippen LogP contribution in [0.1, 0.15) is 77.5 Å². The molecule has 4 amide bonds. The van der Waals surface area contributed by atoms with Crippen molar-refractivity contribution < 1.29 is 67.6 Å². The molecular formula is C40H60N7O16P. The number of phosphoric ester groups is 1. The molecule has 0 spiro atoms. The van der Waals surface area contributed by atoms with Crippen molar-refractivity contribution in [2.24, 2.45) is 0 Å². The van der Waals surface area contributed by atoms with Crippen LogP contribution in [0.4, 0.5) is 0 Å². The van der Waals surface area contributed by atoms with Gasteiger partial charge in [0.15, 0.2) is 6.23 Å². The number of aliphatic carboxylic acids is 1. The minimum Gasteiger partial charge on any atom is -0.480 e. The molecule has 0 bridgehead atoms. The first kappa shape index (κ1) is 53.1. The molecule has 1 aromatic heterocycles. The number of phosphoric acid groups is 1. The predicted octanol–water partition coefficient (Wildman–Crippen LogP) is -1.15. The maximum Gasteiger partial charge on any atom is 0.527 e. The average molecular weight is 926 g/mol. The van der Waals surface area contributed by atoms with E-state index in [2.05, 4.69) is 40.1 Å². The summed E-state index contributed by atoms with van der Waals surface area (Å²) in [6.45, 7) is 6.79. The van der Waals surface area contributed by atoms with Crippen molar-refractivity contribution in [1.29, 1.82) is 0 Å². The van der Waals surface area contributed by atoms with Gasteiger partial charge in [-0.1, -0.05) is 57.2 Å². The number of carboxylic acids is 1.